The summed E-state index contributed by atoms with van der Waals surface area (Å²) < 4.78 is 49.4. The molecule has 9 heteroatoms. The van der Waals surface area contributed by atoms with Gasteiger partial charge in [0.2, 0.25) is 0 Å². The van der Waals surface area contributed by atoms with Gasteiger partial charge in [0.05, 0.1) is 11.4 Å². The molecule has 0 amide bonds. The van der Waals surface area contributed by atoms with E-state index in [1.807, 2.05) is 36.4 Å². The highest BCUT2D eigenvalue weighted by atomic mass is 19.4. The van der Waals surface area contributed by atoms with Crippen molar-refractivity contribution < 1.29 is 22.5 Å². The molecule has 174 valence electrons. The molecule has 0 N–H and O–H groups in total. The van der Waals surface area contributed by atoms with E-state index in [0.29, 0.717) is 22.8 Å². The zero-order chi connectivity index (χ0) is 24.7. The third-order valence-corrected chi connectivity index (χ3v) is 6.29. The summed E-state index contributed by atoms with van der Waals surface area (Å²) in [6.07, 6.45) is -2.80. The van der Waals surface area contributed by atoms with Gasteiger partial charge in [-0.15, -0.1) is 10.2 Å². The molecule has 1 aliphatic heterocycles. The zero-order valence-electron chi connectivity index (χ0n) is 19.1. The van der Waals surface area contributed by atoms with Crippen molar-refractivity contribution in [3.8, 4) is 11.3 Å². The Morgan fingerprint density at radius 1 is 0.853 bits per heavy atom. The number of pyridine rings is 1. The van der Waals surface area contributed by atoms with E-state index >= 15 is 0 Å². The normalized spacial score (nSPS) is 15.8. The largest absolute Gasteiger partial charge is 0.634 e. The van der Waals surface area contributed by atoms with Gasteiger partial charge in [0.25, 0.3) is 0 Å². The molecule has 1 aliphatic rings. The van der Waals surface area contributed by atoms with Crippen molar-refractivity contribution in [2.45, 2.75) is 32.4 Å². The van der Waals surface area contributed by atoms with Crippen LogP contribution >= 0.6 is 0 Å². The number of benzene rings is 1. The number of halogens is 3. The third kappa shape index (κ3) is 4.30. The Morgan fingerprint density at radius 2 is 1.47 bits per heavy atom. The number of nitrogens with zero attached hydrogens (tertiary/aromatic N) is 3. The minimum Gasteiger partial charge on any atom is -0.520 e. The van der Waals surface area contributed by atoms with Gasteiger partial charge in [-0.1, -0.05) is 57.3 Å². The maximum absolute atomic E-state index is 12.8. The molecule has 4 rings (SSSR count). The third-order valence-electron chi connectivity index (χ3n) is 6.29. The van der Waals surface area contributed by atoms with E-state index < -0.39 is 24.4 Å². The first-order valence-corrected chi connectivity index (χ1v) is 10.7. The van der Waals surface area contributed by atoms with E-state index in [4.69, 9.17) is 14.3 Å². The molecular weight excluding hydrogens is 442 g/mol. The van der Waals surface area contributed by atoms with Crippen LogP contribution < -0.4 is 5.46 Å². The molecule has 0 bridgehead atoms. The second-order valence-corrected chi connectivity index (χ2v) is 8.63. The lowest BCUT2D eigenvalue weighted by atomic mass is 9.70. The Kier molecular flexibility index (Phi) is 5.97. The van der Waals surface area contributed by atoms with Gasteiger partial charge < -0.3 is 9.31 Å². The molecule has 5 nitrogen and oxygen atoms in total. The van der Waals surface area contributed by atoms with E-state index in [1.54, 1.807) is 6.20 Å². The minimum absolute atomic E-state index is 0.195. The summed E-state index contributed by atoms with van der Waals surface area (Å²) in [4.78, 5) is 4.71. The maximum atomic E-state index is 12.8. The molecule has 1 fully saturated rings. The molecule has 1 saturated heterocycles. The maximum Gasteiger partial charge on any atom is 0.634 e. The first-order chi connectivity index (χ1) is 16.0. The van der Waals surface area contributed by atoms with Crippen LogP contribution in [0.5, 0.6) is 0 Å². The molecule has 34 heavy (non-hydrogen) atoms. The topological polar surface area (TPSA) is 57.1 Å². The molecule has 1 aromatic carbocycles. The number of rotatable bonds is 5. The van der Waals surface area contributed by atoms with E-state index in [9.17, 15) is 13.2 Å². The molecular formula is C25H23BF3N3O2. The first kappa shape index (κ1) is 23.5. The van der Waals surface area contributed by atoms with Gasteiger partial charge in [0.1, 0.15) is 11.5 Å². The highest BCUT2D eigenvalue weighted by Gasteiger charge is 2.37. The SMILES string of the molecule is C=C1OB(c2ccc(C(C)(c3ccc(-c4ccc(C(F)(F)F)nn4)cc3)C(C)C)nc2)OC1=C. The number of alkyl halides is 3. The molecule has 1 atom stereocenters. The van der Waals surface area contributed by atoms with Gasteiger partial charge in [-0.05, 0) is 36.6 Å². The molecule has 0 spiro atoms. The standard InChI is InChI=1S/C25H23BF3N3O2/c1-15(2)24(5,22-12-10-20(14-30-22)26-33-16(3)17(4)34-26)19-8-6-18(7-9-19)21-11-13-23(32-31-21)25(27,28)29/h6-15H,3-4H2,1-2,5H3. The van der Waals surface area contributed by atoms with Gasteiger partial charge >= 0.3 is 13.3 Å². The van der Waals surface area contributed by atoms with Crippen molar-refractivity contribution in [1.29, 1.82) is 0 Å². The Bertz CT molecular complexity index is 1190. The van der Waals surface area contributed by atoms with Crippen molar-refractivity contribution >= 4 is 12.6 Å². The molecule has 2 aromatic heterocycles. The van der Waals surface area contributed by atoms with Crippen molar-refractivity contribution in [1.82, 2.24) is 15.2 Å². The average molecular weight is 465 g/mol. The van der Waals surface area contributed by atoms with Crippen LogP contribution in [-0.2, 0) is 20.9 Å². The smallest absolute Gasteiger partial charge is 0.520 e. The summed E-state index contributed by atoms with van der Waals surface area (Å²) in [6.45, 7) is 13.8. The van der Waals surface area contributed by atoms with Crippen molar-refractivity contribution in [2.75, 3.05) is 0 Å². The van der Waals surface area contributed by atoms with Gasteiger partial charge in [0.15, 0.2) is 5.69 Å². The van der Waals surface area contributed by atoms with E-state index in [2.05, 4.69) is 44.1 Å². The van der Waals surface area contributed by atoms with Crippen molar-refractivity contribution in [3.05, 3.63) is 96.4 Å². The zero-order valence-corrected chi connectivity index (χ0v) is 19.1. The Morgan fingerprint density at radius 3 is 1.94 bits per heavy atom. The Balaban J connectivity index is 1.60. The predicted molar refractivity (Wildman–Crippen MR) is 124 cm³/mol. The van der Waals surface area contributed by atoms with Gasteiger partial charge in [0, 0.05) is 22.6 Å². The molecule has 0 radical (unpaired) electrons. The van der Waals surface area contributed by atoms with E-state index in [-0.39, 0.29) is 5.92 Å². The summed E-state index contributed by atoms with van der Waals surface area (Å²) >= 11 is 0. The summed E-state index contributed by atoms with van der Waals surface area (Å²) in [5, 5.41) is 7.05. The number of hydrogen-bond donors (Lipinski definition) is 0. The van der Waals surface area contributed by atoms with Crippen LogP contribution in [0.1, 0.15) is 37.7 Å². The van der Waals surface area contributed by atoms with Gasteiger partial charge in [-0.3, -0.25) is 4.98 Å². The number of hydrogen-bond acceptors (Lipinski definition) is 5. The summed E-state index contributed by atoms with van der Waals surface area (Å²) in [5.41, 5.74) is 2.24. The highest BCUT2D eigenvalue weighted by Crippen LogP contribution is 2.38. The van der Waals surface area contributed by atoms with Crippen LogP contribution in [0.3, 0.4) is 0 Å². The lowest BCUT2D eigenvalue weighted by Crippen LogP contribution is -2.35. The summed E-state index contributed by atoms with van der Waals surface area (Å²) in [6, 6.07) is 13.7. The summed E-state index contributed by atoms with van der Waals surface area (Å²) in [5.74, 6) is 0.999. The van der Waals surface area contributed by atoms with Crippen molar-refractivity contribution in [3.63, 3.8) is 0 Å². The predicted octanol–water partition coefficient (Wildman–Crippen LogP) is 5.29. The lowest BCUT2D eigenvalue weighted by molar-refractivity contribution is -0.141. The lowest BCUT2D eigenvalue weighted by Gasteiger charge is -2.34. The van der Waals surface area contributed by atoms with Crippen LogP contribution in [0.2, 0.25) is 0 Å². The van der Waals surface area contributed by atoms with Gasteiger partial charge in [-0.2, -0.15) is 13.2 Å². The highest BCUT2D eigenvalue weighted by molar-refractivity contribution is 6.62. The van der Waals surface area contributed by atoms with Crippen LogP contribution in [0.25, 0.3) is 11.3 Å². The van der Waals surface area contributed by atoms with Crippen LogP contribution in [0, 0.1) is 5.92 Å². The Hall–Kier alpha value is -3.62. The van der Waals surface area contributed by atoms with Crippen LogP contribution in [-0.4, -0.2) is 22.3 Å². The van der Waals surface area contributed by atoms with E-state index in [1.165, 1.54) is 6.07 Å². The second-order valence-electron chi connectivity index (χ2n) is 8.63. The second kappa shape index (κ2) is 8.63. The molecule has 3 aromatic rings. The molecule has 3 heterocycles. The fraction of sp³-hybridized carbons (Fsp3) is 0.240. The average Bonchev–Trinajstić information content (AvgIpc) is 3.16. The minimum atomic E-state index is -4.52. The molecule has 0 aliphatic carbocycles. The molecule has 0 saturated carbocycles. The van der Waals surface area contributed by atoms with E-state index in [0.717, 1.165) is 22.8 Å². The number of aromatic nitrogens is 3. The fourth-order valence-electron chi connectivity index (χ4n) is 3.80. The monoisotopic (exact) mass is 465 g/mol. The fourth-order valence-corrected chi connectivity index (χ4v) is 3.80. The van der Waals surface area contributed by atoms with Gasteiger partial charge in [-0.25, -0.2) is 0 Å². The van der Waals surface area contributed by atoms with Crippen LogP contribution in [0.4, 0.5) is 13.2 Å². The molecule has 1 unspecified atom stereocenters. The first-order valence-electron chi connectivity index (χ1n) is 10.7. The van der Waals surface area contributed by atoms with Crippen molar-refractivity contribution in [2.24, 2.45) is 5.92 Å². The Labute approximate surface area is 196 Å². The summed E-state index contributed by atoms with van der Waals surface area (Å²) in [7, 11) is -0.615. The van der Waals surface area contributed by atoms with Crippen LogP contribution in [0.15, 0.2) is 79.4 Å². The quantitative estimate of drug-likeness (QED) is 0.480.